The van der Waals surface area contributed by atoms with E-state index in [0.29, 0.717) is 11.8 Å². The average Bonchev–Trinajstić information content (AvgIpc) is 2.42. The van der Waals surface area contributed by atoms with E-state index in [2.05, 4.69) is 37.4 Å². The summed E-state index contributed by atoms with van der Waals surface area (Å²) in [5, 5.41) is 3.32. The van der Waals surface area contributed by atoms with E-state index in [1.54, 1.807) is 7.11 Å². The normalized spacial score (nSPS) is 14.2. The van der Waals surface area contributed by atoms with Gasteiger partial charge in [-0.25, -0.2) is 0 Å². The average molecular weight is 249 g/mol. The minimum atomic E-state index is 0.627. The first-order valence-electron chi connectivity index (χ1n) is 7.05. The fourth-order valence-corrected chi connectivity index (χ4v) is 2.69. The molecule has 2 atom stereocenters. The van der Waals surface area contributed by atoms with E-state index in [1.165, 1.54) is 24.8 Å². The van der Waals surface area contributed by atoms with Crippen LogP contribution in [0.2, 0.25) is 0 Å². The minimum Gasteiger partial charge on any atom is -0.497 e. The van der Waals surface area contributed by atoms with Gasteiger partial charge in [0.1, 0.15) is 5.75 Å². The zero-order valence-corrected chi connectivity index (χ0v) is 12.2. The Bertz CT molecular complexity index is 338. The van der Waals surface area contributed by atoms with Crippen molar-refractivity contribution in [1.82, 2.24) is 5.32 Å². The van der Waals surface area contributed by atoms with Crippen LogP contribution in [-0.2, 0) is 0 Å². The van der Waals surface area contributed by atoms with Gasteiger partial charge in [-0.15, -0.1) is 0 Å². The molecule has 0 spiro atoms. The molecule has 0 heterocycles. The highest BCUT2D eigenvalue weighted by atomic mass is 16.5. The summed E-state index contributed by atoms with van der Waals surface area (Å²) >= 11 is 0. The first-order valence-corrected chi connectivity index (χ1v) is 7.05. The fraction of sp³-hybridized carbons (Fsp3) is 0.625. The summed E-state index contributed by atoms with van der Waals surface area (Å²) in [5.74, 6) is 2.29. The van der Waals surface area contributed by atoms with Gasteiger partial charge >= 0.3 is 0 Å². The number of hydrogen-bond donors (Lipinski definition) is 1. The fourth-order valence-electron chi connectivity index (χ4n) is 2.69. The van der Waals surface area contributed by atoms with Gasteiger partial charge in [0.2, 0.25) is 0 Å². The van der Waals surface area contributed by atoms with Crippen LogP contribution in [0.3, 0.4) is 0 Å². The third kappa shape index (κ3) is 4.02. The van der Waals surface area contributed by atoms with Gasteiger partial charge in [0.25, 0.3) is 0 Å². The van der Waals surface area contributed by atoms with Gasteiger partial charge < -0.3 is 10.1 Å². The van der Waals surface area contributed by atoms with Crippen LogP contribution < -0.4 is 10.1 Å². The monoisotopic (exact) mass is 249 g/mol. The zero-order chi connectivity index (χ0) is 13.4. The molecule has 2 heteroatoms. The van der Waals surface area contributed by atoms with Gasteiger partial charge in [-0.2, -0.15) is 0 Å². The van der Waals surface area contributed by atoms with Crippen molar-refractivity contribution in [3.63, 3.8) is 0 Å². The Hall–Kier alpha value is -1.02. The van der Waals surface area contributed by atoms with Gasteiger partial charge in [0, 0.05) is 0 Å². The van der Waals surface area contributed by atoms with E-state index in [0.717, 1.165) is 12.3 Å². The Kier molecular flexibility index (Phi) is 6.81. The molecule has 1 rings (SSSR count). The second-order valence-electron chi connectivity index (χ2n) is 4.90. The summed E-state index contributed by atoms with van der Waals surface area (Å²) in [4.78, 5) is 0. The van der Waals surface area contributed by atoms with Crippen molar-refractivity contribution < 1.29 is 4.74 Å². The minimum absolute atomic E-state index is 0.627. The van der Waals surface area contributed by atoms with E-state index in [9.17, 15) is 0 Å². The topological polar surface area (TPSA) is 21.3 Å². The lowest BCUT2D eigenvalue weighted by Crippen LogP contribution is -2.24. The quantitative estimate of drug-likeness (QED) is 0.756. The maximum atomic E-state index is 5.34. The Morgan fingerprint density at radius 1 is 1.28 bits per heavy atom. The van der Waals surface area contributed by atoms with Crippen molar-refractivity contribution in [3.05, 3.63) is 29.8 Å². The zero-order valence-electron chi connectivity index (χ0n) is 12.2. The van der Waals surface area contributed by atoms with Gasteiger partial charge in [0.15, 0.2) is 0 Å². The van der Waals surface area contributed by atoms with Gasteiger partial charge in [-0.05, 0) is 49.5 Å². The van der Waals surface area contributed by atoms with E-state index in [1.807, 2.05) is 13.1 Å². The Labute approximate surface area is 112 Å². The van der Waals surface area contributed by atoms with E-state index in [4.69, 9.17) is 4.74 Å². The molecular formula is C16H27NO. The van der Waals surface area contributed by atoms with Crippen molar-refractivity contribution in [1.29, 1.82) is 0 Å². The first kappa shape index (κ1) is 15.0. The standard InChI is InChI=1S/C16H27NO/c1-5-8-16(13(6-2)12-17-3)14-9-7-10-15(11-14)18-4/h7,9-11,13,16-17H,5-6,8,12H2,1-4H3/t13?,16-/m0/s1. The molecule has 0 bridgehead atoms. The SMILES string of the molecule is CCC[C@H](c1cccc(OC)c1)C(CC)CNC. The molecule has 0 amide bonds. The molecule has 0 aliphatic carbocycles. The Morgan fingerprint density at radius 2 is 2.06 bits per heavy atom. The predicted octanol–water partition coefficient (Wildman–Crippen LogP) is 3.82. The molecule has 1 N–H and O–H groups in total. The van der Waals surface area contributed by atoms with Gasteiger partial charge in [-0.3, -0.25) is 0 Å². The van der Waals surface area contributed by atoms with E-state index >= 15 is 0 Å². The van der Waals surface area contributed by atoms with Crippen LogP contribution in [0.1, 0.15) is 44.6 Å². The van der Waals surface area contributed by atoms with Gasteiger partial charge in [0.05, 0.1) is 7.11 Å². The highest BCUT2D eigenvalue weighted by molar-refractivity contribution is 5.31. The molecule has 1 aromatic carbocycles. The van der Waals surface area contributed by atoms with Crippen molar-refractivity contribution >= 4 is 0 Å². The Morgan fingerprint density at radius 3 is 2.61 bits per heavy atom. The molecule has 0 saturated heterocycles. The molecular weight excluding hydrogens is 222 g/mol. The van der Waals surface area contributed by atoms with E-state index in [-0.39, 0.29) is 0 Å². The lowest BCUT2D eigenvalue weighted by atomic mass is 9.81. The predicted molar refractivity (Wildman–Crippen MR) is 78.4 cm³/mol. The third-order valence-electron chi connectivity index (χ3n) is 3.68. The molecule has 1 unspecified atom stereocenters. The number of rotatable bonds is 8. The van der Waals surface area contributed by atoms with Crippen molar-refractivity contribution in [3.8, 4) is 5.75 Å². The smallest absolute Gasteiger partial charge is 0.119 e. The van der Waals surface area contributed by atoms with E-state index < -0.39 is 0 Å². The summed E-state index contributed by atoms with van der Waals surface area (Å²) in [6, 6.07) is 8.55. The van der Waals surface area contributed by atoms with Crippen LogP contribution in [0.4, 0.5) is 0 Å². The number of methoxy groups -OCH3 is 1. The van der Waals surface area contributed by atoms with Crippen molar-refractivity contribution in [2.24, 2.45) is 5.92 Å². The largest absolute Gasteiger partial charge is 0.497 e. The van der Waals surface area contributed by atoms with Crippen LogP contribution >= 0.6 is 0 Å². The van der Waals surface area contributed by atoms with Gasteiger partial charge in [-0.1, -0.05) is 38.8 Å². The molecule has 18 heavy (non-hydrogen) atoms. The molecule has 102 valence electrons. The summed E-state index contributed by atoms with van der Waals surface area (Å²) in [6.45, 7) is 5.63. The lowest BCUT2D eigenvalue weighted by Gasteiger charge is -2.26. The second-order valence-corrected chi connectivity index (χ2v) is 4.90. The van der Waals surface area contributed by atoms with Crippen LogP contribution in [0.15, 0.2) is 24.3 Å². The van der Waals surface area contributed by atoms with Crippen molar-refractivity contribution in [2.45, 2.75) is 39.0 Å². The molecule has 0 aliphatic rings. The van der Waals surface area contributed by atoms with Crippen LogP contribution in [0.25, 0.3) is 0 Å². The van der Waals surface area contributed by atoms with Crippen LogP contribution in [-0.4, -0.2) is 20.7 Å². The highest BCUT2D eigenvalue weighted by Crippen LogP contribution is 2.32. The van der Waals surface area contributed by atoms with Crippen LogP contribution in [0.5, 0.6) is 5.75 Å². The molecule has 2 nitrogen and oxygen atoms in total. The molecule has 0 aromatic heterocycles. The lowest BCUT2D eigenvalue weighted by molar-refractivity contribution is 0.372. The molecule has 0 fully saturated rings. The summed E-state index contributed by atoms with van der Waals surface area (Å²) in [6.07, 6.45) is 3.68. The summed E-state index contributed by atoms with van der Waals surface area (Å²) in [5.41, 5.74) is 1.42. The van der Waals surface area contributed by atoms with Crippen molar-refractivity contribution in [2.75, 3.05) is 20.7 Å². The van der Waals surface area contributed by atoms with Crippen LogP contribution in [0, 0.1) is 5.92 Å². The maximum absolute atomic E-state index is 5.34. The summed E-state index contributed by atoms with van der Waals surface area (Å²) < 4.78 is 5.34. The Balaban J connectivity index is 2.93. The molecule has 0 saturated carbocycles. The summed E-state index contributed by atoms with van der Waals surface area (Å²) in [7, 11) is 3.77. The number of benzene rings is 1. The number of nitrogens with one attached hydrogen (secondary N) is 1. The molecule has 1 aromatic rings. The number of hydrogen-bond acceptors (Lipinski definition) is 2. The maximum Gasteiger partial charge on any atom is 0.119 e. The molecule has 0 aliphatic heterocycles. The second kappa shape index (κ2) is 8.15. The molecule has 0 radical (unpaired) electrons. The number of ether oxygens (including phenoxy) is 1. The highest BCUT2D eigenvalue weighted by Gasteiger charge is 2.20. The first-order chi connectivity index (χ1) is 8.76. The third-order valence-corrected chi connectivity index (χ3v) is 3.68.